The lowest BCUT2D eigenvalue weighted by Gasteiger charge is -2.36. The van der Waals surface area contributed by atoms with Crippen LogP contribution in [0.2, 0.25) is 0 Å². The second-order valence-electron chi connectivity index (χ2n) is 6.16. The van der Waals surface area contributed by atoms with Crippen molar-refractivity contribution >= 4 is 0 Å². The van der Waals surface area contributed by atoms with Gasteiger partial charge in [0.25, 0.3) is 0 Å². The monoisotopic (exact) mass is 240 g/mol. The zero-order chi connectivity index (χ0) is 12.1. The smallest absolute Gasteiger partial charge is 0.0791 e. The zero-order valence-electron chi connectivity index (χ0n) is 11.2. The molecular weight excluding hydrogens is 212 g/mol. The number of hydrogen-bond donors (Lipinski definition) is 2. The van der Waals surface area contributed by atoms with Crippen LogP contribution in [0.25, 0.3) is 0 Å². The third-order valence-electron chi connectivity index (χ3n) is 4.39. The lowest BCUT2D eigenvalue weighted by atomic mass is 9.83. The SMILES string of the molecule is CC1(NCC(O)CN2CCCC2)CCCCC1. The van der Waals surface area contributed by atoms with E-state index in [0.29, 0.717) is 0 Å². The van der Waals surface area contributed by atoms with Gasteiger partial charge in [-0.05, 0) is 45.7 Å². The Bertz CT molecular complexity index is 220. The van der Waals surface area contributed by atoms with E-state index in [-0.39, 0.29) is 11.6 Å². The number of aliphatic hydroxyl groups is 1. The van der Waals surface area contributed by atoms with Gasteiger partial charge in [0.15, 0.2) is 0 Å². The summed E-state index contributed by atoms with van der Waals surface area (Å²) < 4.78 is 0. The van der Waals surface area contributed by atoms with E-state index in [1.165, 1.54) is 58.0 Å². The number of likely N-dealkylation sites (tertiary alicyclic amines) is 1. The first-order chi connectivity index (χ1) is 8.18. The van der Waals surface area contributed by atoms with Gasteiger partial charge in [-0.1, -0.05) is 19.3 Å². The highest BCUT2D eigenvalue weighted by atomic mass is 16.3. The van der Waals surface area contributed by atoms with Gasteiger partial charge in [-0.25, -0.2) is 0 Å². The first-order valence-corrected chi connectivity index (χ1v) is 7.33. The largest absolute Gasteiger partial charge is 0.390 e. The van der Waals surface area contributed by atoms with Gasteiger partial charge in [0, 0.05) is 18.6 Å². The Kier molecular flexibility index (Phi) is 4.83. The van der Waals surface area contributed by atoms with Crippen molar-refractivity contribution in [3.63, 3.8) is 0 Å². The van der Waals surface area contributed by atoms with Crippen LogP contribution in [0.15, 0.2) is 0 Å². The van der Waals surface area contributed by atoms with Crippen LogP contribution in [0.1, 0.15) is 51.9 Å². The maximum Gasteiger partial charge on any atom is 0.0791 e. The van der Waals surface area contributed by atoms with Gasteiger partial charge < -0.3 is 15.3 Å². The van der Waals surface area contributed by atoms with E-state index in [2.05, 4.69) is 17.1 Å². The predicted octanol–water partition coefficient (Wildman–Crippen LogP) is 1.76. The second kappa shape index (κ2) is 6.17. The van der Waals surface area contributed by atoms with Crippen LogP contribution in [0, 0.1) is 0 Å². The molecule has 2 rings (SSSR count). The molecule has 0 aromatic heterocycles. The molecule has 3 heteroatoms. The van der Waals surface area contributed by atoms with Crippen molar-refractivity contribution in [2.75, 3.05) is 26.2 Å². The predicted molar refractivity (Wildman–Crippen MR) is 71.2 cm³/mol. The number of aliphatic hydroxyl groups excluding tert-OH is 1. The molecule has 2 aliphatic rings. The molecule has 1 saturated carbocycles. The molecule has 1 aliphatic heterocycles. The minimum Gasteiger partial charge on any atom is -0.390 e. The molecule has 2 N–H and O–H groups in total. The minimum absolute atomic E-state index is 0.202. The first kappa shape index (κ1) is 13.3. The Balaban J connectivity index is 1.65. The van der Waals surface area contributed by atoms with Gasteiger partial charge in [0.05, 0.1) is 6.10 Å². The van der Waals surface area contributed by atoms with Crippen molar-refractivity contribution in [1.29, 1.82) is 0 Å². The van der Waals surface area contributed by atoms with Crippen molar-refractivity contribution in [3.05, 3.63) is 0 Å². The Hall–Kier alpha value is -0.120. The topological polar surface area (TPSA) is 35.5 Å². The highest BCUT2D eigenvalue weighted by molar-refractivity contribution is 4.87. The summed E-state index contributed by atoms with van der Waals surface area (Å²) in [6.07, 6.45) is 9.00. The average Bonchev–Trinajstić information content (AvgIpc) is 2.80. The standard InChI is InChI=1S/C14H28N2O/c1-14(7-3-2-4-8-14)15-11-13(17)12-16-9-5-6-10-16/h13,15,17H,2-12H2,1H3. The van der Waals surface area contributed by atoms with Crippen molar-refractivity contribution in [1.82, 2.24) is 10.2 Å². The molecule has 0 spiro atoms. The molecule has 0 radical (unpaired) electrons. The van der Waals surface area contributed by atoms with Crippen LogP contribution in [-0.2, 0) is 0 Å². The molecule has 0 bridgehead atoms. The number of nitrogens with one attached hydrogen (secondary N) is 1. The van der Waals surface area contributed by atoms with Gasteiger partial charge in [-0.2, -0.15) is 0 Å². The molecule has 100 valence electrons. The number of nitrogens with zero attached hydrogens (tertiary/aromatic N) is 1. The Labute approximate surface area is 106 Å². The van der Waals surface area contributed by atoms with E-state index in [1.54, 1.807) is 0 Å². The number of hydrogen-bond acceptors (Lipinski definition) is 3. The molecular formula is C14H28N2O. The van der Waals surface area contributed by atoms with Gasteiger partial charge in [-0.15, -0.1) is 0 Å². The summed E-state index contributed by atoms with van der Waals surface area (Å²) in [5.41, 5.74) is 0.282. The van der Waals surface area contributed by atoms with Crippen molar-refractivity contribution in [3.8, 4) is 0 Å². The molecule has 1 saturated heterocycles. The zero-order valence-corrected chi connectivity index (χ0v) is 11.2. The lowest BCUT2D eigenvalue weighted by Crippen LogP contribution is -2.48. The summed E-state index contributed by atoms with van der Waals surface area (Å²) in [4.78, 5) is 2.38. The summed E-state index contributed by atoms with van der Waals surface area (Å²) in [6.45, 7) is 6.27. The van der Waals surface area contributed by atoms with Crippen molar-refractivity contribution in [2.45, 2.75) is 63.5 Å². The number of rotatable bonds is 5. The Morgan fingerprint density at radius 2 is 1.76 bits per heavy atom. The van der Waals surface area contributed by atoms with Gasteiger partial charge in [0.1, 0.15) is 0 Å². The minimum atomic E-state index is -0.202. The average molecular weight is 240 g/mol. The molecule has 2 fully saturated rings. The van der Waals surface area contributed by atoms with Crippen molar-refractivity contribution < 1.29 is 5.11 Å². The molecule has 1 atom stereocenters. The van der Waals surface area contributed by atoms with E-state index in [0.717, 1.165) is 13.1 Å². The summed E-state index contributed by atoms with van der Waals surface area (Å²) in [6, 6.07) is 0. The molecule has 1 aliphatic carbocycles. The van der Waals surface area contributed by atoms with E-state index < -0.39 is 0 Å². The summed E-state index contributed by atoms with van der Waals surface area (Å²) in [7, 11) is 0. The lowest BCUT2D eigenvalue weighted by molar-refractivity contribution is 0.108. The fraction of sp³-hybridized carbons (Fsp3) is 1.00. The highest BCUT2D eigenvalue weighted by Crippen LogP contribution is 2.27. The molecule has 0 amide bonds. The third kappa shape index (κ3) is 4.23. The van der Waals surface area contributed by atoms with Crippen molar-refractivity contribution in [2.24, 2.45) is 0 Å². The summed E-state index contributed by atoms with van der Waals surface area (Å²) >= 11 is 0. The summed E-state index contributed by atoms with van der Waals surface area (Å²) in [5, 5.41) is 13.6. The Morgan fingerprint density at radius 1 is 1.12 bits per heavy atom. The third-order valence-corrected chi connectivity index (χ3v) is 4.39. The quantitative estimate of drug-likeness (QED) is 0.768. The van der Waals surface area contributed by atoms with E-state index in [9.17, 15) is 5.11 Å². The number of β-amino-alcohol motifs (C(OH)–C–C–N with tert-alkyl or cyclic N) is 1. The molecule has 1 heterocycles. The van der Waals surface area contributed by atoms with Gasteiger partial charge >= 0.3 is 0 Å². The normalized spacial score (nSPS) is 27.2. The van der Waals surface area contributed by atoms with Crippen LogP contribution < -0.4 is 5.32 Å². The fourth-order valence-corrected chi connectivity index (χ4v) is 3.20. The second-order valence-corrected chi connectivity index (χ2v) is 6.16. The van der Waals surface area contributed by atoms with Gasteiger partial charge in [0.2, 0.25) is 0 Å². The van der Waals surface area contributed by atoms with E-state index in [4.69, 9.17) is 0 Å². The van der Waals surface area contributed by atoms with Crippen LogP contribution in [0.4, 0.5) is 0 Å². The maximum absolute atomic E-state index is 10.1. The van der Waals surface area contributed by atoms with E-state index in [1.807, 2.05) is 0 Å². The highest BCUT2D eigenvalue weighted by Gasteiger charge is 2.27. The van der Waals surface area contributed by atoms with Crippen LogP contribution in [0.3, 0.4) is 0 Å². The van der Waals surface area contributed by atoms with Crippen LogP contribution in [0.5, 0.6) is 0 Å². The first-order valence-electron chi connectivity index (χ1n) is 7.33. The maximum atomic E-state index is 10.1. The molecule has 0 aromatic rings. The van der Waals surface area contributed by atoms with Crippen LogP contribution in [-0.4, -0.2) is 47.8 Å². The molecule has 0 aromatic carbocycles. The molecule has 17 heavy (non-hydrogen) atoms. The van der Waals surface area contributed by atoms with Gasteiger partial charge in [-0.3, -0.25) is 0 Å². The van der Waals surface area contributed by atoms with Crippen LogP contribution >= 0.6 is 0 Å². The van der Waals surface area contributed by atoms with E-state index >= 15 is 0 Å². The summed E-state index contributed by atoms with van der Waals surface area (Å²) in [5.74, 6) is 0. The molecule has 3 nitrogen and oxygen atoms in total. The molecule has 1 unspecified atom stereocenters. The fourth-order valence-electron chi connectivity index (χ4n) is 3.20. The Morgan fingerprint density at radius 3 is 2.41 bits per heavy atom.